The van der Waals surface area contributed by atoms with Crippen LogP contribution in [0.25, 0.3) is 0 Å². The van der Waals surface area contributed by atoms with Gasteiger partial charge in [-0.05, 0) is 49.8 Å². The predicted octanol–water partition coefficient (Wildman–Crippen LogP) is 2.81. The fourth-order valence-corrected chi connectivity index (χ4v) is 4.35. The molecule has 2 aliphatic heterocycles. The van der Waals surface area contributed by atoms with Gasteiger partial charge in [0.15, 0.2) is 0 Å². The maximum Gasteiger partial charge on any atom is 0.226 e. The summed E-state index contributed by atoms with van der Waals surface area (Å²) in [6.07, 6.45) is 4.65. The number of nitrogens with zero attached hydrogens (tertiary/aromatic N) is 1. The van der Waals surface area contributed by atoms with Gasteiger partial charge in [0.1, 0.15) is 0 Å². The third-order valence-corrected chi connectivity index (χ3v) is 5.86. The van der Waals surface area contributed by atoms with Crippen molar-refractivity contribution in [3.8, 4) is 0 Å². The highest BCUT2D eigenvalue weighted by atomic mass is 35.5. The highest BCUT2D eigenvalue weighted by Gasteiger charge is 2.58. The summed E-state index contributed by atoms with van der Waals surface area (Å²) in [5, 5.41) is 3.41. The van der Waals surface area contributed by atoms with E-state index in [0.29, 0.717) is 23.2 Å². The summed E-state index contributed by atoms with van der Waals surface area (Å²) in [7, 11) is 0. The predicted molar refractivity (Wildman–Crippen MR) is 90.3 cm³/mol. The summed E-state index contributed by atoms with van der Waals surface area (Å²) >= 11 is 0. The summed E-state index contributed by atoms with van der Waals surface area (Å²) in [5.41, 5.74) is 1.76. The van der Waals surface area contributed by atoms with Crippen LogP contribution in [0, 0.1) is 11.3 Å². The Labute approximate surface area is 138 Å². The van der Waals surface area contributed by atoms with Crippen molar-refractivity contribution in [2.45, 2.75) is 31.6 Å². The second kappa shape index (κ2) is 6.21. The molecule has 120 valence electrons. The van der Waals surface area contributed by atoms with Gasteiger partial charge in [-0.15, -0.1) is 12.4 Å². The number of piperidine rings is 1. The molecule has 1 spiro atoms. The summed E-state index contributed by atoms with van der Waals surface area (Å²) in [6.45, 7) is 4.06. The molecule has 1 saturated carbocycles. The molecule has 2 saturated heterocycles. The van der Waals surface area contributed by atoms with Crippen molar-refractivity contribution in [2.75, 3.05) is 26.2 Å². The first-order chi connectivity index (χ1) is 10.3. The molecule has 3 aliphatic rings. The Balaban J connectivity index is 0.00000144. The molecular formula is C18H25ClN2O. The molecule has 2 atom stereocenters. The number of benzene rings is 1. The zero-order chi connectivity index (χ0) is 14.3. The Bertz CT molecular complexity index is 527. The Hall–Kier alpha value is -1.06. The van der Waals surface area contributed by atoms with Gasteiger partial charge in [-0.2, -0.15) is 0 Å². The Morgan fingerprint density at radius 1 is 1.18 bits per heavy atom. The lowest BCUT2D eigenvalue weighted by Crippen LogP contribution is -2.35. The molecule has 1 aliphatic carbocycles. The molecule has 1 amide bonds. The van der Waals surface area contributed by atoms with Gasteiger partial charge in [0.25, 0.3) is 0 Å². The first-order valence-corrected chi connectivity index (χ1v) is 8.33. The average molecular weight is 321 g/mol. The van der Waals surface area contributed by atoms with E-state index in [1.807, 2.05) is 0 Å². The molecule has 0 radical (unpaired) electrons. The molecule has 3 fully saturated rings. The smallest absolute Gasteiger partial charge is 0.226 e. The van der Waals surface area contributed by atoms with Crippen molar-refractivity contribution in [1.29, 1.82) is 0 Å². The molecule has 4 rings (SSSR count). The quantitative estimate of drug-likeness (QED) is 0.909. The fourth-order valence-electron chi connectivity index (χ4n) is 4.35. The van der Waals surface area contributed by atoms with Crippen molar-refractivity contribution in [3.05, 3.63) is 35.9 Å². The van der Waals surface area contributed by atoms with Crippen LogP contribution in [-0.4, -0.2) is 37.0 Å². The van der Waals surface area contributed by atoms with Crippen molar-refractivity contribution in [3.63, 3.8) is 0 Å². The van der Waals surface area contributed by atoms with Crippen molar-refractivity contribution < 1.29 is 4.79 Å². The fraction of sp³-hybridized carbons (Fsp3) is 0.611. The van der Waals surface area contributed by atoms with Gasteiger partial charge >= 0.3 is 0 Å². The van der Waals surface area contributed by atoms with Gasteiger partial charge in [0, 0.05) is 24.9 Å². The minimum atomic E-state index is 0. The number of carbonyl (C=O) groups is 1. The van der Waals surface area contributed by atoms with Gasteiger partial charge in [-0.3, -0.25) is 4.79 Å². The maximum absolute atomic E-state index is 12.8. The Morgan fingerprint density at radius 2 is 1.91 bits per heavy atom. The summed E-state index contributed by atoms with van der Waals surface area (Å²) < 4.78 is 0. The maximum atomic E-state index is 12.8. The number of halogens is 1. The van der Waals surface area contributed by atoms with Crippen molar-refractivity contribution in [1.82, 2.24) is 10.2 Å². The van der Waals surface area contributed by atoms with Crippen LogP contribution in [0.4, 0.5) is 0 Å². The normalized spacial score (nSPS) is 29.2. The van der Waals surface area contributed by atoms with E-state index in [2.05, 4.69) is 40.5 Å². The van der Waals surface area contributed by atoms with E-state index >= 15 is 0 Å². The molecule has 2 unspecified atom stereocenters. The number of carbonyl (C=O) groups excluding carboxylic acids is 1. The lowest BCUT2D eigenvalue weighted by Gasteiger charge is -2.25. The molecule has 0 bridgehead atoms. The number of hydrogen-bond donors (Lipinski definition) is 1. The Morgan fingerprint density at radius 3 is 2.64 bits per heavy atom. The van der Waals surface area contributed by atoms with E-state index in [1.165, 1.54) is 18.4 Å². The van der Waals surface area contributed by atoms with E-state index in [9.17, 15) is 4.79 Å². The second-order valence-electron chi connectivity index (χ2n) is 7.05. The van der Waals surface area contributed by atoms with Crippen LogP contribution >= 0.6 is 12.4 Å². The number of hydrogen-bond acceptors (Lipinski definition) is 2. The van der Waals surface area contributed by atoms with Crippen LogP contribution in [0.15, 0.2) is 30.3 Å². The van der Waals surface area contributed by atoms with Crippen LogP contribution in [0.5, 0.6) is 0 Å². The molecule has 3 nitrogen and oxygen atoms in total. The molecule has 2 heterocycles. The van der Waals surface area contributed by atoms with Crippen LogP contribution in [-0.2, 0) is 4.79 Å². The molecule has 4 heteroatoms. The minimum Gasteiger partial charge on any atom is -0.342 e. The topological polar surface area (TPSA) is 32.3 Å². The number of nitrogens with one attached hydrogen (secondary N) is 1. The van der Waals surface area contributed by atoms with Crippen molar-refractivity contribution in [2.24, 2.45) is 11.3 Å². The molecular weight excluding hydrogens is 296 g/mol. The summed E-state index contributed by atoms with van der Waals surface area (Å²) in [5.74, 6) is 1.31. The third kappa shape index (κ3) is 2.77. The molecule has 1 aromatic carbocycles. The number of rotatable bonds is 2. The van der Waals surface area contributed by atoms with Crippen LogP contribution in [0.3, 0.4) is 0 Å². The zero-order valence-electron chi connectivity index (χ0n) is 13.0. The van der Waals surface area contributed by atoms with Gasteiger partial charge < -0.3 is 10.2 Å². The van der Waals surface area contributed by atoms with Crippen LogP contribution in [0.1, 0.15) is 37.2 Å². The molecule has 0 aromatic heterocycles. The standard InChI is InChI=1S/C18H24N2O.ClH/c21-17(16-12-18(16)7-9-19-10-8-18)20-11-6-15(13-20)14-4-2-1-3-5-14;/h1-5,15-16,19H,6-13H2;1H. The lowest BCUT2D eigenvalue weighted by molar-refractivity contribution is -0.132. The number of amides is 1. The van der Waals surface area contributed by atoms with Gasteiger partial charge in [-0.25, -0.2) is 0 Å². The minimum absolute atomic E-state index is 0. The SMILES string of the molecule is Cl.O=C(C1CC12CCNCC2)N1CCC(c2ccccc2)C1. The monoisotopic (exact) mass is 320 g/mol. The van der Waals surface area contributed by atoms with Gasteiger partial charge in [0.05, 0.1) is 0 Å². The third-order valence-electron chi connectivity index (χ3n) is 5.86. The van der Waals surface area contributed by atoms with Crippen LogP contribution in [0.2, 0.25) is 0 Å². The number of likely N-dealkylation sites (tertiary alicyclic amines) is 1. The van der Waals surface area contributed by atoms with E-state index in [-0.39, 0.29) is 12.4 Å². The van der Waals surface area contributed by atoms with E-state index in [0.717, 1.165) is 39.0 Å². The van der Waals surface area contributed by atoms with Gasteiger partial charge in [0.2, 0.25) is 5.91 Å². The Kier molecular flexibility index (Phi) is 4.47. The van der Waals surface area contributed by atoms with Crippen LogP contribution < -0.4 is 5.32 Å². The summed E-state index contributed by atoms with van der Waals surface area (Å²) in [4.78, 5) is 14.9. The van der Waals surface area contributed by atoms with Gasteiger partial charge in [-0.1, -0.05) is 30.3 Å². The highest BCUT2D eigenvalue weighted by Crippen LogP contribution is 2.59. The zero-order valence-corrected chi connectivity index (χ0v) is 13.8. The first kappa shape index (κ1) is 15.8. The molecule has 22 heavy (non-hydrogen) atoms. The lowest BCUT2D eigenvalue weighted by atomic mass is 9.91. The average Bonchev–Trinajstić information content (AvgIpc) is 3.01. The first-order valence-electron chi connectivity index (χ1n) is 8.33. The highest BCUT2D eigenvalue weighted by molar-refractivity contribution is 5.85. The van der Waals surface area contributed by atoms with E-state index in [4.69, 9.17) is 0 Å². The molecule has 1 aromatic rings. The largest absolute Gasteiger partial charge is 0.342 e. The van der Waals surface area contributed by atoms with Crippen molar-refractivity contribution >= 4 is 18.3 Å². The second-order valence-corrected chi connectivity index (χ2v) is 7.05. The summed E-state index contributed by atoms with van der Waals surface area (Å²) in [6, 6.07) is 10.7. The van der Waals surface area contributed by atoms with E-state index in [1.54, 1.807) is 0 Å². The van der Waals surface area contributed by atoms with E-state index < -0.39 is 0 Å². The molecule has 1 N–H and O–H groups in total.